The number of unbranched alkanes of at least 4 members (excludes halogenated alkanes) is 3. The Labute approximate surface area is 144 Å². The van der Waals surface area contributed by atoms with E-state index in [0.29, 0.717) is 0 Å². The molecule has 0 amide bonds. The molecule has 0 spiro atoms. The zero-order valence-corrected chi connectivity index (χ0v) is 15.7. The van der Waals surface area contributed by atoms with E-state index >= 15 is 0 Å². The molecule has 1 saturated carbocycles. The van der Waals surface area contributed by atoms with Gasteiger partial charge in [0.2, 0.25) is 0 Å². The second kappa shape index (κ2) is 9.67. The first kappa shape index (κ1) is 18.8. The zero-order chi connectivity index (χ0) is 16.5. The largest absolute Gasteiger partial charge is 0.300 e. The number of rotatable bonds is 8. The van der Waals surface area contributed by atoms with Crippen LogP contribution in [-0.4, -0.2) is 24.0 Å². The summed E-state index contributed by atoms with van der Waals surface area (Å²) in [5.41, 5.74) is 0.0167. The van der Waals surface area contributed by atoms with E-state index in [0.717, 1.165) is 37.6 Å². The van der Waals surface area contributed by atoms with Gasteiger partial charge in [0.05, 0.1) is 11.5 Å². The zero-order valence-electron chi connectivity index (χ0n) is 15.7. The van der Waals surface area contributed by atoms with Crippen molar-refractivity contribution in [1.82, 2.24) is 4.90 Å². The molecule has 0 bridgehead atoms. The molecular formula is C21H38N2. The van der Waals surface area contributed by atoms with Crippen LogP contribution in [0.3, 0.4) is 0 Å². The van der Waals surface area contributed by atoms with Crippen LogP contribution in [0.2, 0.25) is 0 Å². The molecule has 1 aliphatic heterocycles. The fourth-order valence-corrected chi connectivity index (χ4v) is 4.88. The first-order chi connectivity index (χ1) is 11.2. The highest BCUT2D eigenvalue weighted by atomic mass is 15.2. The SMILES string of the molecule is CCCCCCC1CCN(C2CCC(C#N)(CCC)CC2)CC1. The van der Waals surface area contributed by atoms with Crippen LogP contribution in [0.25, 0.3) is 0 Å². The van der Waals surface area contributed by atoms with Gasteiger partial charge in [0.25, 0.3) is 0 Å². The fraction of sp³-hybridized carbons (Fsp3) is 0.952. The average Bonchev–Trinajstić information content (AvgIpc) is 2.60. The van der Waals surface area contributed by atoms with Crippen molar-refractivity contribution >= 4 is 0 Å². The first-order valence-corrected chi connectivity index (χ1v) is 10.4. The molecule has 2 aliphatic rings. The number of nitriles is 1. The second-order valence-electron chi connectivity index (χ2n) is 8.20. The highest BCUT2D eigenvalue weighted by Crippen LogP contribution is 2.41. The van der Waals surface area contributed by atoms with Crippen molar-refractivity contribution in [3.05, 3.63) is 0 Å². The maximum atomic E-state index is 9.56. The molecule has 2 rings (SSSR count). The van der Waals surface area contributed by atoms with Crippen LogP contribution in [0.4, 0.5) is 0 Å². The second-order valence-corrected chi connectivity index (χ2v) is 8.20. The van der Waals surface area contributed by atoms with Gasteiger partial charge in [-0.15, -0.1) is 0 Å². The Morgan fingerprint density at radius 2 is 1.65 bits per heavy atom. The molecule has 1 aliphatic carbocycles. The van der Waals surface area contributed by atoms with Gasteiger partial charge in [-0.25, -0.2) is 0 Å². The van der Waals surface area contributed by atoms with Crippen LogP contribution in [0.1, 0.15) is 97.3 Å². The van der Waals surface area contributed by atoms with Crippen LogP contribution < -0.4 is 0 Å². The molecule has 132 valence electrons. The Bertz CT molecular complexity index is 355. The third kappa shape index (κ3) is 5.49. The third-order valence-electron chi connectivity index (χ3n) is 6.51. The van der Waals surface area contributed by atoms with Gasteiger partial charge in [-0.05, 0) is 64.0 Å². The van der Waals surface area contributed by atoms with Crippen molar-refractivity contribution < 1.29 is 0 Å². The summed E-state index contributed by atoms with van der Waals surface area (Å²) in [5.74, 6) is 0.991. The van der Waals surface area contributed by atoms with E-state index in [-0.39, 0.29) is 5.41 Å². The minimum Gasteiger partial charge on any atom is -0.300 e. The van der Waals surface area contributed by atoms with Crippen molar-refractivity contribution in [2.24, 2.45) is 11.3 Å². The molecule has 0 radical (unpaired) electrons. The van der Waals surface area contributed by atoms with Gasteiger partial charge in [-0.3, -0.25) is 0 Å². The number of hydrogen-bond donors (Lipinski definition) is 0. The van der Waals surface area contributed by atoms with Gasteiger partial charge in [0.15, 0.2) is 0 Å². The number of likely N-dealkylation sites (tertiary alicyclic amines) is 1. The standard InChI is InChI=1S/C21H38N2/c1-3-5-6-7-8-19-11-16-23(17-12-19)20-9-14-21(18-22,13-4-2)15-10-20/h19-20H,3-17H2,1-2H3. The summed E-state index contributed by atoms with van der Waals surface area (Å²) in [7, 11) is 0. The van der Waals surface area contributed by atoms with E-state index in [9.17, 15) is 5.26 Å². The topological polar surface area (TPSA) is 27.0 Å². The average molecular weight is 319 g/mol. The molecule has 1 heterocycles. The van der Waals surface area contributed by atoms with Crippen molar-refractivity contribution in [2.75, 3.05) is 13.1 Å². The summed E-state index contributed by atoms with van der Waals surface area (Å²) in [6.07, 6.45) is 17.0. The van der Waals surface area contributed by atoms with E-state index in [1.165, 1.54) is 70.9 Å². The van der Waals surface area contributed by atoms with Gasteiger partial charge < -0.3 is 4.90 Å². The predicted molar refractivity (Wildman–Crippen MR) is 98.3 cm³/mol. The molecule has 2 heteroatoms. The molecular weight excluding hydrogens is 280 g/mol. The normalized spacial score (nSPS) is 30.2. The first-order valence-electron chi connectivity index (χ1n) is 10.4. The lowest BCUT2D eigenvalue weighted by Gasteiger charge is -2.43. The van der Waals surface area contributed by atoms with Gasteiger partial charge in [-0.2, -0.15) is 5.26 Å². The van der Waals surface area contributed by atoms with Gasteiger partial charge in [0.1, 0.15) is 0 Å². The molecule has 2 fully saturated rings. The maximum Gasteiger partial charge on any atom is 0.0689 e. The van der Waals surface area contributed by atoms with Gasteiger partial charge in [0, 0.05) is 6.04 Å². The van der Waals surface area contributed by atoms with Crippen molar-refractivity contribution in [2.45, 2.75) is 103 Å². The molecule has 0 atom stereocenters. The van der Waals surface area contributed by atoms with E-state index in [1.807, 2.05) is 0 Å². The summed E-state index contributed by atoms with van der Waals surface area (Å²) >= 11 is 0. The van der Waals surface area contributed by atoms with E-state index in [1.54, 1.807) is 0 Å². The van der Waals surface area contributed by atoms with Crippen LogP contribution in [-0.2, 0) is 0 Å². The minimum absolute atomic E-state index is 0.0167. The molecule has 0 aromatic heterocycles. The van der Waals surface area contributed by atoms with Crippen LogP contribution in [0.15, 0.2) is 0 Å². The molecule has 0 aromatic rings. The molecule has 0 N–H and O–H groups in total. The smallest absolute Gasteiger partial charge is 0.0689 e. The molecule has 23 heavy (non-hydrogen) atoms. The summed E-state index contributed by atoms with van der Waals surface area (Å²) in [6, 6.07) is 3.44. The molecule has 2 nitrogen and oxygen atoms in total. The van der Waals surface area contributed by atoms with Crippen molar-refractivity contribution in [3.63, 3.8) is 0 Å². The summed E-state index contributed by atoms with van der Waals surface area (Å²) in [4.78, 5) is 2.76. The predicted octanol–water partition coefficient (Wildman–Crippen LogP) is 5.92. The molecule has 0 aromatic carbocycles. The highest BCUT2D eigenvalue weighted by Gasteiger charge is 2.37. The number of piperidine rings is 1. The Morgan fingerprint density at radius 3 is 2.22 bits per heavy atom. The van der Waals surface area contributed by atoms with Crippen LogP contribution in [0, 0.1) is 22.7 Å². The quantitative estimate of drug-likeness (QED) is 0.519. The molecule has 1 saturated heterocycles. The summed E-state index contributed by atoms with van der Waals surface area (Å²) < 4.78 is 0. The molecule has 0 unspecified atom stereocenters. The Kier molecular flexibility index (Phi) is 7.90. The van der Waals surface area contributed by atoms with Gasteiger partial charge in [-0.1, -0.05) is 52.4 Å². The Morgan fingerprint density at radius 1 is 0.957 bits per heavy atom. The maximum absolute atomic E-state index is 9.56. The highest BCUT2D eigenvalue weighted by molar-refractivity contribution is 5.02. The lowest BCUT2D eigenvalue weighted by atomic mass is 9.70. The van der Waals surface area contributed by atoms with Crippen molar-refractivity contribution in [3.8, 4) is 6.07 Å². The Hall–Kier alpha value is -0.550. The minimum atomic E-state index is 0.0167. The Balaban J connectivity index is 1.67. The van der Waals surface area contributed by atoms with Gasteiger partial charge >= 0.3 is 0 Å². The monoisotopic (exact) mass is 318 g/mol. The van der Waals surface area contributed by atoms with E-state index in [2.05, 4.69) is 24.8 Å². The number of nitrogens with zero attached hydrogens (tertiary/aromatic N) is 2. The summed E-state index contributed by atoms with van der Waals surface area (Å²) in [6.45, 7) is 7.15. The van der Waals surface area contributed by atoms with E-state index < -0.39 is 0 Å². The summed E-state index contributed by atoms with van der Waals surface area (Å²) in [5, 5.41) is 9.56. The van der Waals surface area contributed by atoms with Crippen LogP contribution in [0.5, 0.6) is 0 Å². The number of hydrogen-bond acceptors (Lipinski definition) is 2. The van der Waals surface area contributed by atoms with Crippen LogP contribution >= 0.6 is 0 Å². The lowest BCUT2D eigenvalue weighted by Crippen LogP contribution is -2.44. The van der Waals surface area contributed by atoms with E-state index in [4.69, 9.17) is 0 Å². The lowest BCUT2D eigenvalue weighted by molar-refractivity contribution is 0.0760. The fourth-order valence-electron chi connectivity index (χ4n) is 4.88. The van der Waals surface area contributed by atoms with Crippen molar-refractivity contribution in [1.29, 1.82) is 5.26 Å². The third-order valence-corrected chi connectivity index (χ3v) is 6.51.